The number of para-hydroxylation sites is 1. The number of nitrogens with zero attached hydrogens (tertiary/aromatic N) is 4. The number of aromatic nitrogens is 4. The number of thioether (sulfide) groups is 1. The molecular formula is C23H32N6O3S. The average Bonchev–Trinajstić information content (AvgIpc) is 3.24. The molecule has 0 spiro atoms. The maximum Gasteiger partial charge on any atom is 0.255 e. The molecule has 178 valence electrons. The van der Waals surface area contributed by atoms with Crippen LogP contribution in [0.3, 0.4) is 0 Å². The van der Waals surface area contributed by atoms with E-state index in [9.17, 15) is 4.79 Å². The predicted octanol–water partition coefficient (Wildman–Crippen LogP) is 3.61. The fraction of sp³-hybridized carbons (Fsp3) is 0.478. The maximum atomic E-state index is 12.7. The van der Waals surface area contributed by atoms with E-state index < -0.39 is 0 Å². The Kier molecular flexibility index (Phi) is 9.77. The van der Waals surface area contributed by atoms with E-state index >= 15 is 0 Å². The first-order chi connectivity index (χ1) is 16.2. The third-order valence-electron chi connectivity index (χ3n) is 4.69. The number of nitrogens with one attached hydrogen (secondary N) is 2. The van der Waals surface area contributed by atoms with Crippen LogP contribution in [0.4, 0.5) is 5.82 Å². The molecule has 0 saturated heterocycles. The van der Waals surface area contributed by atoms with Crippen molar-refractivity contribution in [3.63, 3.8) is 0 Å². The highest BCUT2D eigenvalue weighted by atomic mass is 32.2. The lowest BCUT2D eigenvalue weighted by Crippen LogP contribution is -2.28. The molecule has 33 heavy (non-hydrogen) atoms. The van der Waals surface area contributed by atoms with Crippen LogP contribution in [0.25, 0.3) is 11.0 Å². The van der Waals surface area contributed by atoms with Crippen molar-refractivity contribution in [3.05, 3.63) is 36.0 Å². The van der Waals surface area contributed by atoms with Crippen LogP contribution in [-0.2, 0) is 11.3 Å². The van der Waals surface area contributed by atoms with E-state index in [2.05, 4.69) is 27.6 Å². The Bertz CT molecular complexity index is 1040. The van der Waals surface area contributed by atoms with E-state index in [1.54, 1.807) is 34.8 Å². The molecule has 9 nitrogen and oxygen atoms in total. The third-order valence-corrected chi connectivity index (χ3v) is 5.75. The molecule has 0 aliphatic heterocycles. The van der Waals surface area contributed by atoms with Gasteiger partial charge in [0.25, 0.3) is 5.91 Å². The molecule has 0 bridgehead atoms. The summed E-state index contributed by atoms with van der Waals surface area (Å²) in [6.45, 7) is 9.32. The fourth-order valence-electron chi connectivity index (χ4n) is 3.18. The van der Waals surface area contributed by atoms with E-state index in [1.165, 1.54) is 0 Å². The number of amides is 1. The van der Waals surface area contributed by atoms with Crippen LogP contribution in [0.1, 0.15) is 37.6 Å². The van der Waals surface area contributed by atoms with E-state index in [-0.39, 0.29) is 5.91 Å². The highest BCUT2D eigenvalue weighted by Gasteiger charge is 2.15. The topological polar surface area (TPSA) is 103 Å². The monoisotopic (exact) mass is 472 g/mol. The lowest BCUT2D eigenvalue weighted by atomic mass is 10.2. The molecule has 3 aromatic rings. The first-order valence-corrected chi connectivity index (χ1v) is 12.3. The molecule has 0 atom stereocenters. The molecule has 2 N–H and O–H groups in total. The van der Waals surface area contributed by atoms with Gasteiger partial charge in [0.1, 0.15) is 11.6 Å². The molecule has 0 fully saturated rings. The number of anilines is 1. The number of hydrogen-bond donors (Lipinski definition) is 2. The largest absolute Gasteiger partial charge is 0.493 e. The average molecular weight is 473 g/mol. The second kappa shape index (κ2) is 13.0. The SMILES string of the molecule is CCCSc1nc(NCCOCC)c2cnn(CCNC(=O)c3ccccc3OCC)c2n1. The van der Waals surface area contributed by atoms with Gasteiger partial charge >= 0.3 is 0 Å². The lowest BCUT2D eigenvalue weighted by Gasteiger charge is -2.11. The van der Waals surface area contributed by atoms with Gasteiger partial charge in [-0.2, -0.15) is 5.10 Å². The number of carbonyl (C=O) groups excluding carboxylic acids is 1. The minimum absolute atomic E-state index is 0.178. The van der Waals surface area contributed by atoms with Gasteiger partial charge in [0, 0.05) is 25.4 Å². The van der Waals surface area contributed by atoms with E-state index in [0.29, 0.717) is 55.9 Å². The Morgan fingerprint density at radius 1 is 1.12 bits per heavy atom. The number of rotatable bonds is 14. The normalized spacial score (nSPS) is 11.0. The summed E-state index contributed by atoms with van der Waals surface area (Å²) < 4.78 is 12.8. The van der Waals surface area contributed by atoms with Crippen molar-refractivity contribution < 1.29 is 14.3 Å². The van der Waals surface area contributed by atoms with Crippen molar-refractivity contribution in [1.29, 1.82) is 0 Å². The molecule has 0 saturated carbocycles. The number of benzene rings is 1. The zero-order chi connectivity index (χ0) is 23.5. The van der Waals surface area contributed by atoms with Crippen LogP contribution in [0.15, 0.2) is 35.6 Å². The molecule has 2 aromatic heterocycles. The summed E-state index contributed by atoms with van der Waals surface area (Å²) in [7, 11) is 0. The first kappa shape index (κ1) is 24.8. The van der Waals surface area contributed by atoms with Gasteiger partial charge in [0.15, 0.2) is 10.8 Å². The molecule has 2 heterocycles. The predicted molar refractivity (Wildman–Crippen MR) is 131 cm³/mol. The van der Waals surface area contributed by atoms with Crippen molar-refractivity contribution >= 4 is 34.5 Å². The Morgan fingerprint density at radius 3 is 2.76 bits per heavy atom. The Labute approximate surface area is 198 Å². The molecule has 1 aromatic carbocycles. The van der Waals surface area contributed by atoms with Crippen molar-refractivity contribution in [2.75, 3.05) is 44.0 Å². The van der Waals surface area contributed by atoms with Gasteiger partial charge in [0.05, 0.1) is 36.9 Å². The van der Waals surface area contributed by atoms with Crippen LogP contribution in [0.5, 0.6) is 5.75 Å². The fourth-order valence-corrected chi connectivity index (χ4v) is 3.88. The van der Waals surface area contributed by atoms with Crippen LogP contribution < -0.4 is 15.4 Å². The Hall–Kier alpha value is -2.85. The summed E-state index contributed by atoms with van der Waals surface area (Å²) in [6.07, 6.45) is 2.80. The smallest absolute Gasteiger partial charge is 0.255 e. The number of ether oxygens (including phenoxy) is 2. The second-order valence-corrected chi connectivity index (χ2v) is 8.18. The summed E-state index contributed by atoms with van der Waals surface area (Å²) >= 11 is 1.62. The molecule has 0 radical (unpaired) electrons. The standard InChI is InChI=1S/C23H32N6O3S/c1-4-15-33-23-27-20(24-12-14-31-5-2)18-16-26-29(21(18)28-23)13-11-25-22(30)17-9-7-8-10-19(17)32-6-3/h7-10,16H,4-6,11-15H2,1-3H3,(H,25,30)(H,24,27,28). The summed E-state index contributed by atoms with van der Waals surface area (Å²) in [5, 5.41) is 12.3. The summed E-state index contributed by atoms with van der Waals surface area (Å²) in [5.74, 6) is 2.09. The third kappa shape index (κ3) is 6.82. The molecule has 0 aliphatic carbocycles. The molecule has 1 amide bonds. The van der Waals surface area contributed by atoms with Gasteiger partial charge in [-0.05, 0) is 32.4 Å². The van der Waals surface area contributed by atoms with Crippen LogP contribution in [0, 0.1) is 0 Å². The summed E-state index contributed by atoms with van der Waals surface area (Å²) in [4.78, 5) is 22.1. The number of fused-ring (bicyclic) bond motifs is 1. The first-order valence-electron chi connectivity index (χ1n) is 11.4. The molecule has 0 aliphatic rings. The summed E-state index contributed by atoms with van der Waals surface area (Å²) in [6, 6.07) is 7.23. The lowest BCUT2D eigenvalue weighted by molar-refractivity contribution is 0.0948. The molecule has 3 rings (SSSR count). The Balaban J connectivity index is 1.71. The van der Waals surface area contributed by atoms with Crippen LogP contribution in [-0.4, -0.2) is 64.3 Å². The molecule has 0 unspecified atom stereocenters. The number of hydrogen-bond acceptors (Lipinski definition) is 8. The van der Waals surface area contributed by atoms with Gasteiger partial charge in [-0.1, -0.05) is 30.8 Å². The van der Waals surface area contributed by atoms with Crippen molar-refractivity contribution in [3.8, 4) is 5.75 Å². The van der Waals surface area contributed by atoms with Gasteiger partial charge in [0.2, 0.25) is 0 Å². The van der Waals surface area contributed by atoms with Gasteiger partial charge in [-0.25, -0.2) is 14.6 Å². The zero-order valence-corrected chi connectivity index (χ0v) is 20.3. The van der Waals surface area contributed by atoms with E-state index in [4.69, 9.17) is 14.5 Å². The second-order valence-electron chi connectivity index (χ2n) is 7.12. The highest BCUT2D eigenvalue weighted by Crippen LogP contribution is 2.24. The van der Waals surface area contributed by atoms with Crippen molar-refractivity contribution in [2.45, 2.75) is 38.9 Å². The van der Waals surface area contributed by atoms with Gasteiger partial charge in [-0.15, -0.1) is 0 Å². The van der Waals surface area contributed by atoms with E-state index in [1.807, 2.05) is 26.0 Å². The maximum absolute atomic E-state index is 12.7. The van der Waals surface area contributed by atoms with Crippen molar-refractivity contribution in [2.24, 2.45) is 0 Å². The minimum atomic E-state index is -0.178. The van der Waals surface area contributed by atoms with Gasteiger partial charge in [-0.3, -0.25) is 4.79 Å². The highest BCUT2D eigenvalue weighted by molar-refractivity contribution is 7.99. The molecular weight excluding hydrogens is 440 g/mol. The van der Waals surface area contributed by atoms with E-state index in [0.717, 1.165) is 29.0 Å². The Morgan fingerprint density at radius 2 is 1.97 bits per heavy atom. The van der Waals surface area contributed by atoms with Crippen molar-refractivity contribution in [1.82, 2.24) is 25.1 Å². The zero-order valence-electron chi connectivity index (χ0n) is 19.5. The summed E-state index contributed by atoms with van der Waals surface area (Å²) in [5.41, 5.74) is 1.26. The quantitative estimate of drug-likeness (QED) is 0.208. The van der Waals surface area contributed by atoms with Crippen LogP contribution >= 0.6 is 11.8 Å². The minimum Gasteiger partial charge on any atom is -0.493 e. The number of carbonyl (C=O) groups is 1. The van der Waals surface area contributed by atoms with Crippen LogP contribution in [0.2, 0.25) is 0 Å². The van der Waals surface area contributed by atoms with Gasteiger partial charge < -0.3 is 20.1 Å². The molecule has 10 heteroatoms.